The zero-order chi connectivity index (χ0) is 17.4. The van der Waals surface area contributed by atoms with Crippen LogP contribution in [0.2, 0.25) is 0 Å². The third-order valence-electron chi connectivity index (χ3n) is 3.17. The van der Waals surface area contributed by atoms with E-state index in [0.29, 0.717) is 17.7 Å². The maximum absolute atomic E-state index is 12.1. The molecule has 0 spiro atoms. The quantitative estimate of drug-likeness (QED) is 0.576. The third kappa shape index (κ3) is 6.19. The molecule has 7 nitrogen and oxygen atoms in total. The highest BCUT2D eigenvalue weighted by Crippen LogP contribution is 2.10. The van der Waals surface area contributed by atoms with E-state index in [9.17, 15) is 14.4 Å². The van der Waals surface area contributed by atoms with Gasteiger partial charge in [-0.15, -0.1) is 0 Å². The average Bonchev–Trinajstić information content (AvgIpc) is 2.48. The van der Waals surface area contributed by atoms with Gasteiger partial charge in [-0.25, -0.2) is 4.79 Å². The number of carbonyl (C=O) groups is 3. The van der Waals surface area contributed by atoms with Crippen LogP contribution < -0.4 is 21.9 Å². The van der Waals surface area contributed by atoms with Crippen molar-refractivity contribution in [3.63, 3.8) is 0 Å². The van der Waals surface area contributed by atoms with Crippen LogP contribution in [0.3, 0.4) is 0 Å². The summed E-state index contributed by atoms with van der Waals surface area (Å²) in [5.74, 6) is -0.266. The number of amides is 4. The van der Waals surface area contributed by atoms with Gasteiger partial charge in [0.1, 0.15) is 6.04 Å². The van der Waals surface area contributed by atoms with Crippen molar-refractivity contribution >= 4 is 29.6 Å². The number of urea groups is 1. The molecule has 0 fully saturated rings. The van der Waals surface area contributed by atoms with Crippen LogP contribution in [-0.4, -0.2) is 35.9 Å². The van der Waals surface area contributed by atoms with E-state index in [2.05, 4.69) is 16.2 Å². The highest BCUT2D eigenvalue weighted by atomic mass is 32.2. The summed E-state index contributed by atoms with van der Waals surface area (Å²) in [6, 6.07) is 3.82. The van der Waals surface area contributed by atoms with Gasteiger partial charge in [-0.05, 0) is 43.9 Å². The fourth-order valence-electron chi connectivity index (χ4n) is 2.02. The second kappa shape index (κ2) is 9.04. The number of hydrogen-bond donors (Lipinski definition) is 4. The molecule has 1 atom stereocenters. The molecular weight excluding hydrogens is 316 g/mol. The standard InChI is InChI=1S/C15H22N4O3S/c1-9-4-5-11(10(2)8-9)13(20)18-19-14(21)12(6-7-23-3)17-15(16)22/h4-5,8,12H,6-7H2,1-3H3,(H,18,20)(H,19,21)(H3,16,17,22)/t12-/m1/s1. The summed E-state index contributed by atoms with van der Waals surface area (Å²) in [6.45, 7) is 3.75. The number of primary amides is 1. The molecule has 0 aliphatic heterocycles. The predicted octanol–water partition coefficient (Wildman–Crippen LogP) is 0.854. The lowest BCUT2D eigenvalue weighted by Crippen LogP contribution is -2.53. The molecule has 23 heavy (non-hydrogen) atoms. The molecule has 1 rings (SSSR count). The first-order chi connectivity index (χ1) is 10.8. The van der Waals surface area contributed by atoms with E-state index in [0.717, 1.165) is 11.1 Å². The Labute approximate surface area is 139 Å². The first-order valence-corrected chi connectivity index (χ1v) is 8.47. The lowest BCUT2D eigenvalue weighted by atomic mass is 10.1. The van der Waals surface area contributed by atoms with Crippen LogP contribution >= 0.6 is 11.8 Å². The van der Waals surface area contributed by atoms with Gasteiger partial charge in [0.05, 0.1) is 0 Å². The van der Waals surface area contributed by atoms with Crippen molar-refractivity contribution in [2.75, 3.05) is 12.0 Å². The van der Waals surface area contributed by atoms with E-state index in [-0.39, 0.29) is 0 Å². The summed E-state index contributed by atoms with van der Waals surface area (Å²) in [5, 5.41) is 2.36. The predicted molar refractivity (Wildman–Crippen MR) is 91.0 cm³/mol. The van der Waals surface area contributed by atoms with Crippen molar-refractivity contribution in [1.29, 1.82) is 0 Å². The van der Waals surface area contributed by atoms with Crippen LogP contribution in [0, 0.1) is 13.8 Å². The summed E-state index contributed by atoms with van der Waals surface area (Å²) < 4.78 is 0. The molecule has 0 saturated carbocycles. The van der Waals surface area contributed by atoms with Crippen LogP contribution in [0.4, 0.5) is 4.79 Å². The maximum Gasteiger partial charge on any atom is 0.312 e. The number of rotatable bonds is 6. The van der Waals surface area contributed by atoms with E-state index in [4.69, 9.17) is 5.73 Å². The molecule has 4 amide bonds. The molecule has 1 aromatic rings. The molecular formula is C15H22N4O3S. The fraction of sp³-hybridized carbons (Fsp3) is 0.400. The van der Waals surface area contributed by atoms with Crippen LogP contribution in [0.5, 0.6) is 0 Å². The van der Waals surface area contributed by atoms with Crippen molar-refractivity contribution in [1.82, 2.24) is 16.2 Å². The zero-order valence-electron chi connectivity index (χ0n) is 13.4. The number of hydrogen-bond acceptors (Lipinski definition) is 4. The van der Waals surface area contributed by atoms with Gasteiger partial charge in [-0.1, -0.05) is 17.7 Å². The smallest absolute Gasteiger partial charge is 0.312 e. The Morgan fingerprint density at radius 3 is 2.48 bits per heavy atom. The van der Waals surface area contributed by atoms with E-state index in [1.807, 2.05) is 32.2 Å². The van der Waals surface area contributed by atoms with E-state index in [1.54, 1.807) is 6.07 Å². The van der Waals surface area contributed by atoms with Crippen LogP contribution in [0.1, 0.15) is 27.9 Å². The molecule has 126 valence electrons. The normalized spacial score (nSPS) is 11.4. The molecule has 1 aromatic carbocycles. The molecule has 0 unspecified atom stereocenters. The Kier molecular flexibility index (Phi) is 7.40. The molecule has 0 aliphatic carbocycles. The van der Waals surface area contributed by atoms with E-state index in [1.165, 1.54) is 11.8 Å². The first kappa shape index (κ1) is 18.8. The average molecular weight is 338 g/mol. The monoisotopic (exact) mass is 338 g/mol. The third-order valence-corrected chi connectivity index (χ3v) is 3.81. The van der Waals surface area contributed by atoms with Gasteiger partial charge in [0.25, 0.3) is 11.8 Å². The van der Waals surface area contributed by atoms with E-state index >= 15 is 0 Å². The Morgan fingerprint density at radius 2 is 1.91 bits per heavy atom. The highest BCUT2D eigenvalue weighted by Gasteiger charge is 2.20. The van der Waals surface area contributed by atoms with Crippen molar-refractivity contribution in [2.24, 2.45) is 5.73 Å². The molecule has 0 bridgehead atoms. The van der Waals surface area contributed by atoms with Gasteiger partial charge >= 0.3 is 6.03 Å². The number of hydrazine groups is 1. The Balaban J connectivity index is 2.64. The van der Waals surface area contributed by atoms with E-state index < -0.39 is 23.9 Å². The lowest BCUT2D eigenvalue weighted by molar-refractivity contribution is -0.123. The van der Waals surface area contributed by atoms with Crippen LogP contribution in [0.25, 0.3) is 0 Å². The van der Waals surface area contributed by atoms with Gasteiger partial charge in [0, 0.05) is 5.56 Å². The minimum atomic E-state index is -0.792. The Bertz CT molecular complexity index is 592. The number of aryl methyl sites for hydroxylation is 2. The zero-order valence-corrected chi connectivity index (χ0v) is 14.3. The number of thioether (sulfide) groups is 1. The molecule has 5 N–H and O–H groups in total. The Morgan fingerprint density at radius 1 is 1.22 bits per heavy atom. The second-order valence-electron chi connectivity index (χ2n) is 5.10. The number of benzene rings is 1. The van der Waals surface area contributed by atoms with Gasteiger partial charge in [0.15, 0.2) is 0 Å². The molecule has 8 heteroatoms. The topological polar surface area (TPSA) is 113 Å². The summed E-state index contributed by atoms with van der Waals surface area (Å²) in [6.07, 6.45) is 2.30. The van der Waals surface area contributed by atoms with Gasteiger partial charge in [-0.3, -0.25) is 20.4 Å². The number of nitrogens with one attached hydrogen (secondary N) is 3. The maximum atomic E-state index is 12.1. The molecule has 0 aromatic heterocycles. The largest absolute Gasteiger partial charge is 0.352 e. The summed E-state index contributed by atoms with van der Waals surface area (Å²) >= 11 is 1.54. The summed E-state index contributed by atoms with van der Waals surface area (Å²) in [4.78, 5) is 35.1. The minimum absolute atomic E-state index is 0.412. The number of nitrogens with two attached hydrogens (primary N) is 1. The molecule has 0 saturated heterocycles. The number of carbonyl (C=O) groups excluding carboxylic acids is 3. The van der Waals surface area contributed by atoms with Crippen molar-refractivity contribution in [3.05, 3.63) is 34.9 Å². The minimum Gasteiger partial charge on any atom is -0.352 e. The van der Waals surface area contributed by atoms with Gasteiger partial charge in [0.2, 0.25) is 0 Å². The van der Waals surface area contributed by atoms with Crippen LogP contribution in [0.15, 0.2) is 18.2 Å². The first-order valence-electron chi connectivity index (χ1n) is 7.07. The molecule has 0 aliphatic rings. The van der Waals surface area contributed by atoms with Crippen molar-refractivity contribution in [2.45, 2.75) is 26.3 Å². The van der Waals surface area contributed by atoms with Gasteiger partial charge in [-0.2, -0.15) is 11.8 Å². The summed E-state index contributed by atoms with van der Waals surface area (Å²) in [5.41, 5.74) is 12.1. The fourth-order valence-corrected chi connectivity index (χ4v) is 2.49. The van der Waals surface area contributed by atoms with Crippen molar-refractivity contribution in [3.8, 4) is 0 Å². The molecule has 0 heterocycles. The SMILES string of the molecule is CSCC[C@@H](NC(N)=O)C(=O)NNC(=O)c1ccc(C)cc1C. The second-order valence-corrected chi connectivity index (χ2v) is 6.09. The highest BCUT2D eigenvalue weighted by molar-refractivity contribution is 7.98. The Hall–Kier alpha value is -2.22. The molecule has 0 radical (unpaired) electrons. The lowest BCUT2D eigenvalue weighted by Gasteiger charge is -2.17. The van der Waals surface area contributed by atoms with Gasteiger partial charge < -0.3 is 11.1 Å². The van der Waals surface area contributed by atoms with Crippen LogP contribution in [-0.2, 0) is 4.79 Å². The van der Waals surface area contributed by atoms with Crippen molar-refractivity contribution < 1.29 is 14.4 Å². The summed E-state index contributed by atoms with van der Waals surface area (Å²) in [7, 11) is 0.